The number of nitrogens with zero attached hydrogens (tertiary/aromatic N) is 4. The molecule has 1 fully saturated rings. The fourth-order valence-electron chi connectivity index (χ4n) is 3.88. The summed E-state index contributed by atoms with van der Waals surface area (Å²) in [5.41, 5.74) is 9.77. The summed E-state index contributed by atoms with van der Waals surface area (Å²) in [6, 6.07) is 10.7. The third kappa shape index (κ3) is 4.56. The van der Waals surface area contributed by atoms with Gasteiger partial charge in [0.25, 0.3) is 0 Å². The number of aromatic nitrogens is 2. The van der Waals surface area contributed by atoms with Gasteiger partial charge in [0, 0.05) is 31.9 Å². The Morgan fingerprint density at radius 2 is 1.73 bits per heavy atom. The molecule has 8 nitrogen and oxygen atoms in total. The van der Waals surface area contributed by atoms with Gasteiger partial charge in [0.15, 0.2) is 0 Å². The zero-order valence-electron chi connectivity index (χ0n) is 18.7. The first-order chi connectivity index (χ1) is 15.7. The normalized spacial score (nSPS) is 14.4. The van der Waals surface area contributed by atoms with Gasteiger partial charge < -0.3 is 20.3 Å². The number of halogens is 1. The van der Waals surface area contributed by atoms with Gasteiger partial charge >= 0.3 is 0 Å². The molecule has 1 aromatic heterocycles. The molecule has 2 heterocycles. The van der Waals surface area contributed by atoms with E-state index in [2.05, 4.69) is 46.9 Å². The summed E-state index contributed by atoms with van der Waals surface area (Å²) in [5.74, 6) is 0.707. The molecule has 33 heavy (non-hydrogen) atoms. The van der Waals surface area contributed by atoms with Gasteiger partial charge in [-0.15, -0.1) is 0 Å². The highest BCUT2D eigenvalue weighted by Gasteiger charge is 2.26. The van der Waals surface area contributed by atoms with Gasteiger partial charge in [-0.05, 0) is 49.2 Å². The van der Waals surface area contributed by atoms with Crippen molar-refractivity contribution in [2.24, 2.45) is 0 Å². The minimum atomic E-state index is -3.94. The Bertz CT molecular complexity index is 1290. The summed E-state index contributed by atoms with van der Waals surface area (Å²) in [6.45, 7) is 7.21. The molecule has 0 saturated carbocycles. The van der Waals surface area contributed by atoms with E-state index in [4.69, 9.17) is 22.1 Å². The Morgan fingerprint density at radius 1 is 1.03 bits per heavy atom. The maximum absolute atomic E-state index is 13.1. The molecule has 0 atom stereocenters. The summed E-state index contributed by atoms with van der Waals surface area (Å²) >= 11 is 6.10. The van der Waals surface area contributed by atoms with Crippen LogP contribution in [0.3, 0.4) is 0 Å². The standard InChI is InChI=1S/C23H26ClN5O3S/c1-15-4-5-16(2)19(12-15)28-8-10-29(11-9-28)23-26-14-21(22(25)27-23)33(30,31)17-6-7-20(32-3)18(24)13-17/h4-7,12-14H,8-11H2,1-3H3,(H2,25,26,27). The van der Waals surface area contributed by atoms with E-state index < -0.39 is 9.84 Å². The Hall–Kier alpha value is -3.04. The summed E-state index contributed by atoms with van der Waals surface area (Å²) in [6.07, 6.45) is 1.27. The monoisotopic (exact) mass is 487 g/mol. The summed E-state index contributed by atoms with van der Waals surface area (Å²) in [4.78, 5) is 12.8. The van der Waals surface area contributed by atoms with Crippen LogP contribution < -0.4 is 20.3 Å². The minimum absolute atomic E-state index is 0.00140. The molecule has 4 rings (SSSR count). The number of nitrogen functional groups attached to an aromatic ring is 1. The van der Waals surface area contributed by atoms with Gasteiger partial charge in [-0.25, -0.2) is 13.4 Å². The van der Waals surface area contributed by atoms with E-state index in [-0.39, 0.29) is 20.6 Å². The highest BCUT2D eigenvalue weighted by Crippen LogP contribution is 2.32. The number of benzene rings is 2. The van der Waals surface area contributed by atoms with Crippen LogP contribution in [0, 0.1) is 13.8 Å². The highest BCUT2D eigenvalue weighted by molar-refractivity contribution is 7.91. The molecule has 0 aliphatic carbocycles. The number of nitrogens with two attached hydrogens (primary N) is 1. The molecule has 3 aromatic rings. The molecular formula is C23H26ClN5O3S. The third-order valence-electron chi connectivity index (χ3n) is 5.76. The molecule has 1 aliphatic heterocycles. The van der Waals surface area contributed by atoms with E-state index in [1.807, 2.05) is 4.90 Å². The average Bonchev–Trinajstić information content (AvgIpc) is 2.80. The van der Waals surface area contributed by atoms with Gasteiger partial charge in [0.2, 0.25) is 15.8 Å². The SMILES string of the molecule is COc1ccc(S(=O)(=O)c2cnc(N3CCN(c4cc(C)ccc4C)CC3)nc2N)cc1Cl. The van der Waals surface area contributed by atoms with Crippen LogP contribution in [0.2, 0.25) is 5.02 Å². The van der Waals surface area contributed by atoms with Crippen LogP contribution in [0.25, 0.3) is 0 Å². The lowest BCUT2D eigenvalue weighted by Gasteiger charge is -2.37. The number of sulfone groups is 1. The van der Waals surface area contributed by atoms with E-state index >= 15 is 0 Å². The van der Waals surface area contributed by atoms with Crippen molar-refractivity contribution >= 4 is 38.9 Å². The number of anilines is 3. The van der Waals surface area contributed by atoms with Crippen molar-refractivity contribution in [1.82, 2.24) is 9.97 Å². The maximum atomic E-state index is 13.1. The first-order valence-corrected chi connectivity index (χ1v) is 12.3. The Balaban J connectivity index is 1.52. The fourth-order valence-corrected chi connectivity index (χ4v) is 5.49. The van der Waals surface area contributed by atoms with E-state index in [1.54, 1.807) is 0 Å². The quantitative estimate of drug-likeness (QED) is 0.583. The minimum Gasteiger partial charge on any atom is -0.495 e. The average molecular weight is 488 g/mol. The molecule has 0 radical (unpaired) electrons. The second-order valence-corrected chi connectivity index (χ2v) is 10.3. The van der Waals surface area contributed by atoms with Crippen LogP contribution in [-0.4, -0.2) is 51.7 Å². The van der Waals surface area contributed by atoms with Gasteiger partial charge in [0.1, 0.15) is 16.5 Å². The number of hydrogen-bond acceptors (Lipinski definition) is 8. The lowest BCUT2D eigenvalue weighted by molar-refractivity contribution is 0.414. The summed E-state index contributed by atoms with van der Waals surface area (Å²) in [7, 11) is -2.47. The summed E-state index contributed by atoms with van der Waals surface area (Å²) in [5, 5.41) is 0.191. The predicted molar refractivity (Wildman–Crippen MR) is 130 cm³/mol. The molecule has 0 amide bonds. The Kier molecular flexibility index (Phi) is 6.36. The van der Waals surface area contributed by atoms with Crippen molar-refractivity contribution in [3.05, 3.63) is 58.7 Å². The predicted octanol–water partition coefficient (Wildman–Crippen LogP) is 3.50. The van der Waals surface area contributed by atoms with Crippen molar-refractivity contribution in [3.63, 3.8) is 0 Å². The first-order valence-electron chi connectivity index (χ1n) is 10.5. The van der Waals surface area contributed by atoms with Crippen molar-refractivity contribution < 1.29 is 13.2 Å². The third-order valence-corrected chi connectivity index (χ3v) is 7.82. The van der Waals surface area contributed by atoms with Crippen LogP contribution in [0.4, 0.5) is 17.5 Å². The van der Waals surface area contributed by atoms with Crippen LogP contribution >= 0.6 is 11.6 Å². The largest absolute Gasteiger partial charge is 0.495 e. The molecule has 174 valence electrons. The van der Waals surface area contributed by atoms with Crippen molar-refractivity contribution in [2.75, 3.05) is 48.8 Å². The van der Waals surface area contributed by atoms with Gasteiger partial charge in [-0.1, -0.05) is 23.7 Å². The molecule has 10 heteroatoms. The number of aryl methyl sites for hydroxylation is 2. The zero-order chi connectivity index (χ0) is 23.8. The molecule has 2 aromatic carbocycles. The molecular weight excluding hydrogens is 462 g/mol. The number of rotatable bonds is 5. The molecule has 1 aliphatic rings. The number of methoxy groups -OCH3 is 1. The maximum Gasteiger partial charge on any atom is 0.227 e. The van der Waals surface area contributed by atoms with Crippen LogP contribution in [-0.2, 0) is 9.84 Å². The van der Waals surface area contributed by atoms with Crippen molar-refractivity contribution in [3.8, 4) is 5.75 Å². The van der Waals surface area contributed by atoms with Gasteiger partial charge in [-0.3, -0.25) is 0 Å². The van der Waals surface area contributed by atoms with Crippen LogP contribution in [0.15, 0.2) is 52.4 Å². The number of ether oxygens (including phenoxy) is 1. The van der Waals surface area contributed by atoms with Crippen LogP contribution in [0.1, 0.15) is 11.1 Å². The molecule has 0 spiro atoms. The Labute approximate surface area is 198 Å². The second kappa shape index (κ2) is 9.07. The second-order valence-electron chi connectivity index (χ2n) is 7.98. The number of piperazine rings is 1. The fraction of sp³-hybridized carbons (Fsp3) is 0.304. The van der Waals surface area contributed by atoms with E-state index in [1.165, 1.54) is 48.3 Å². The lowest BCUT2D eigenvalue weighted by Crippen LogP contribution is -2.47. The lowest BCUT2D eigenvalue weighted by atomic mass is 10.1. The number of hydrogen-bond donors (Lipinski definition) is 1. The van der Waals surface area contributed by atoms with Gasteiger partial charge in [0.05, 0.1) is 23.2 Å². The topological polar surface area (TPSA) is 102 Å². The highest BCUT2D eigenvalue weighted by atomic mass is 35.5. The van der Waals surface area contributed by atoms with E-state index in [0.29, 0.717) is 24.8 Å². The van der Waals surface area contributed by atoms with Crippen LogP contribution in [0.5, 0.6) is 5.75 Å². The molecule has 0 bridgehead atoms. The smallest absolute Gasteiger partial charge is 0.227 e. The summed E-state index contributed by atoms with van der Waals surface area (Å²) < 4.78 is 31.2. The van der Waals surface area contributed by atoms with E-state index in [0.717, 1.165) is 13.1 Å². The van der Waals surface area contributed by atoms with E-state index in [9.17, 15) is 8.42 Å². The first kappa shape index (κ1) is 23.1. The Morgan fingerprint density at radius 3 is 2.36 bits per heavy atom. The molecule has 2 N–H and O–H groups in total. The molecule has 0 unspecified atom stereocenters. The van der Waals surface area contributed by atoms with Crippen molar-refractivity contribution in [1.29, 1.82) is 0 Å². The molecule has 1 saturated heterocycles. The van der Waals surface area contributed by atoms with Crippen molar-refractivity contribution in [2.45, 2.75) is 23.6 Å². The van der Waals surface area contributed by atoms with Gasteiger partial charge in [-0.2, -0.15) is 4.98 Å². The zero-order valence-corrected chi connectivity index (χ0v) is 20.3.